The number of carbonyl (C=O) groups excluding carboxylic acids is 2. The lowest BCUT2D eigenvalue weighted by Gasteiger charge is -2.16. The molecule has 2 rings (SSSR count). The number of alkyl halides is 6. The highest BCUT2D eigenvalue weighted by molar-refractivity contribution is 6.67. The van der Waals surface area contributed by atoms with Crippen LogP contribution in [-0.4, -0.2) is 51.2 Å². The van der Waals surface area contributed by atoms with E-state index >= 15 is 0 Å². The van der Waals surface area contributed by atoms with E-state index in [0.29, 0.717) is 0 Å². The molecule has 184 valence electrons. The third kappa shape index (κ3) is 8.75. The van der Waals surface area contributed by atoms with E-state index < -0.39 is 31.9 Å². The van der Waals surface area contributed by atoms with Crippen molar-refractivity contribution in [3.8, 4) is 22.9 Å². The Morgan fingerprint density at radius 2 is 1.50 bits per heavy atom. The molecule has 34 heavy (non-hydrogen) atoms. The number of ether oxygens (including phenoxy) is 3. The topological polar surface area (TPSA) is 138 Å². The van der Waals surface area contributed by atoms with Gasteiger partial charge in [0.15, 0.2) is 29.0 Å². The summed E-state index contributed by atoms with van der Waals surface area (Å²) in [5, 5.41) is 8.54. The first-order chi connectivity index (χ1) is 15.7. The molecule has 0 aliphatic heterocycles. The Morgan fingerprint density at radius 1 is 0.912 bits per heavy atom. The molecule has 0 saturated heterocycles. The van der Waals surface area contributed by atoms with Crippen LogP contribution in [0.4, 0.5) is 0 Å². The van der Waals surface area contributed by atoms with Gasteiger partial charge in [-0.05, 0) is 18.2 Å². The summed E-state index contributed by atoms with van der Waals surface area (Å²) in [6.45, 7) is 0.745. The minimum Gasteiger partial charge on any atom is -0.486 e. The fraction of sp³-hybridized carbons (Fsp3) is 0.333. The van der Waals surface area contributed by atoms with E-state index in [9.17, 15) is 14.4 Å². The minimum atomic E-state index is -2.07. The van der Waals surface area contributed by atoms with Crippen LogP contribution in [0, 0.1) is 0 Å². The van der Waals surface area contributed by atoms with Gasteiger partial charge in [-0.1, -0.05) is 69.6 Å². The second-order valence-corrected chi connectivity index (χ2v) is 10.8. The first-order valence-electron chi connectivity index (χ1n) is 8.90. The molecule has 0 unspecified atom stereocenters. The lowest BCUT2D eigenvalue weighted by atomic mass is 10.2. The van der Waals surface area contributed by atoms with Crippen molar-refractivity contribution in [2.75, 3.05) is 13.2 Å². The maximum atomic E-state index is 11.6. The molecule has 0 fully saturated rings. The van der Waals surface area contributed by atoms with Crippen LogP contribution in [0.3, 0.4) is 0 Å². The zero-order chi connectivity index (χ0) is 25.7. The van der Waals surface area contributed by atoms with Gasteiger partial charge in [0.25, 0.3) is 0 Å². The van der Waals surface area contributed by atoms with Gasteiger partial charge in [0.05, 0.1) is 0 Å². The van der Waals surface area contributed by atoms with Crippen LogP contribution in [0.2, 0.25) is 0 Å². The van der Waals surface area contributed by atoms with E-state index in [1.54, 1.807) is 0 Å². The monoisotopic (exact) mass is 593 g/mol. The van der Waals surface area contributed by atoms with Gasteiger partial charge in [0.1, 0.15) is 19.6 Å². The fourth-order valence-corrected chi connectivity index (χ4v) is 2.75. The SMILES string of the molecule is CC(=O)Oc1cc(-c2nc(C(Cl)(Cl)Cl)nc(C(Cl)(Cl)Cl)n2)ccc1OCCOC(=O)CC(=O)O. The lowest BCUT2D eigenvalue weighted by molar-refractivity contribution is -0.151. The van der Waals surface area contributed by atoms with Gasteiger partial charge < -0.3 is 19.3 Å². The van der Waals surface area contributed by atoms with Crippen LogP contribution in [0.25, 0.3) is 11.4 Å². The molecule has 1 heterocycles. The van der Waals surface area contributed by atoms with Crippen molar-refractivity contribution >= 4 is 87.5 Å². The molecule has 0 bridgehead atoms. The molecule has 16 heteroatoms. The van der Waals surface area contributed by atoms with Crippen LogP contribution < -0.4 is 9.47 Å². The molecule has 0 saturated carbocycles. The molecule has 10 nitrogen and oxygen atoms in total. The lowest BCUT2D eigenvalue weighted by Crippen LogP contribution is -2.17. The number of halogens is 6. The summed E-state index contributed by atoms with van der Waals surface area (Å²) in [6.07, 6.45) is -0.786. The van der Waals surface area contributed by atoms with Crippen molar-refractivity contribution in [1.29, 1.82) is 0 Å². The van der Waals surface area contributed by atoms with Crippen molar-refractivity contribution in [2.24, 2.45) is 0 Å². The van der Waals surface area contributed by atoms with Crippen LogP contribution in [0.15, 0.2) is 18.2 Å². The number of carboxylic acid groups (broad SMARTS) is 1. The Morgan fingerprint density at radius 3 is 2.00 bits per heavy atom. The van der Waals surface area contributed by atoms with Gasteiger partial charge in [-0.15, -0.1) is 0 Å². The Kier molecular flexibility index (Phi) is 9.81. The second kappa shape index (κ2) is 11.7. The number of nitrogens with zero attached hydrogens (tertiary/aromatic N) is 3. The quantitative estimate of drug-likeness (QED) is 0.152. The summed E-state index contributed by atoms with van der Waals surface area (Å²) in [6, 6.07) is 4.21. The highest BCUT2D eigenvalue weighted by Crippen LogP contribution is 2.41. The molecule has 0 atom stereocenters. The van der Waals surface area contributed by atoms with E-state index in [1.807, 2.05) is 0 Å². The van der Waals surface area contributed by atoms with Gasteiger partial charge in [0, 0.05) is 12.5 Å². The van der Waals surface area contributed by atoms with Crippen LogP contribution in [0.1, 0.15) is 25.0 Å². The van der Waals surface area contributed by atoms with Crippen molar-refractivity contribution in [3.05, 3.63) is 29.8 Å². The predicted octanol–water partition coefficient (Wildman–Crippen LogP) is 4.51. The zero-order valence-electron chi connectivity index (χ0n) is 16.9. The molecule has 0 radical (unpaired) electrons. The average Bonchev–Trinajstić information content (AvgIpc) is 2.69. The summed E-state index contributed by atoms with van der Waals surface area (Å²) < 4.78 is 11.2. The summed E-state index contributed by atoms with van der Waals surface area (Å²) in [5.41, 5.74) is 0.255. The number of carboxylic acids is 1. The minimum absolute atomic E-state index is 0.0480. The van der Waals surface area contributed by atoms with Crippen molar-refractivity contribution in [1.82, 2.24) is 15.0 Å². The van der Waals surface area contributed by atoms with E-state index in [2.05, 4.69) is 15.0 Å². The standard InChI is InChI=1S/C18H13Cl6N3O7/c1-8(28)34-11-6-9(2-3-10(11)32-4-5-33-13(31)7-12(29)30)14-25-15(17(19,20)21)27-16(26-14)18(22,23)24/h2-3,6H,4-5,7H2,1H3,(H,29,30). The number of aromatic nitrogens is 3. The van der Waals surface area contributed by atoms with Gasteiger partial charge in [-0.25, -0.2) is 15.0 Å². The van der Waals surface area contributed by atoms with E-state index in [1.165, 1.54) is 18.2 Å². The summed E-state index contributed by atoms with van der Waals surface area (Å²) in [5.74, 6) is -3.60. The Bertz CT molecular complexity index is 1060. The Labute approximate surface area is 222 Å². The predicted molar refractivity (Wildman–Crippen MR) is 124 cm³/mol. The van der Waals surface area contributed by atoms with Crippen LogP contribution in [0.5, 0.6) is 11.5 Å². The van der Waals surface area contributed by atoms with E-state index in [0.717, 1.165) is 6.92 Å². The van der Waals surface area contributed by atoms with Crippen molar-refractivity contribution < 1.29 is 33.7 Å². The van der Waals surface area contributed by atoms with Crippen LogP contribution >= 0.6 is 69.6 Å². The summed E-state index contributed by atoms with van der Waals surface area (Å²) in [7, 11) is 0. The molecule has 0 amide bonds. The number of carbonyl (C=O) groups is 3. The second-order valence-electron chi connectivity index (χ2n) is 6.20. The molecule has 0 aliphatic rings. The van der Waals surface area contributed by atoms with E-state index in [4.69, 9.17) is 88.9 Å². The number of hydrogen-bond donors (Lipinski definition) is 1. The molecule has 0 aliphatic carbocycles. The molecule has 0 spiro atoms. The van der Waals surface area contributed by atoms with Crippen molar-refractivity contribution in [2.45, 2.75) is 20.9 Å². The van der Waals surface area contributed by atoms with Gasteiger partial charge in [-0.3, -0.25) is 14.4 Å². The number of benzene rings is 1. The van der Waals surface area contributed by atoms with Gasteiger partial charge in [-0.2, -0.15) is 0 Å². The number of aliphatic carboxylic acids is 1. The normalized spacial score (nSPS) is 11.6. The molecular formula is C18H13Cl6N3O7. The number of esters is 2. The molecule has 1 aromatic carbocycles. The molecule has 1 aromatic heterocycles. The third-order valence-electron chi connectivity index (χ3n) is 3.50. The molecular weight excluding hydrogens is 583 g/mol. The van der Waals surface area contributed by atoms with Crippen LogP contribution in [-0.2, 0) is 26.7 Å². The number of hydrogen-bond acceptors (Lipinski definition) is 9. The van der Waals surface area contributed by atoms with Crippen molar-refractivity contribution in [3.63, 3.8) is 0 Å². The first-order valence-corrected chi connectivity index (χ1v) is 11.2. The fourth-order valence-electron chi connectivity index (χ4n) is 2.24. The highest BCUT2D eigenvalue weighted by Gasteiger charge is 2.34. The zero-order valence-corrected chi connectivity index (χ0v) is 21.4. The maximum Gasteiger partial charge on any atom is 0.317 e. The third-order valence-corrected chi connectivity index (χ3v) is 4.51. The Balaban J connectivity index is 2.34. The van der Waals surface area contributed by atoms with Gasteiger partial charge in [0.2, 0.25) is 7.59 Å². The number of rotatable bonds is 8. The first kappa shape index (κ1) is 28.4. The largest absolute Gasteiger partial charge is 0.486 e. The summed E-state index contributed by atoms with van der Waals surface area (Å²) in [4.78, 5) is 45.3. The molecule has 2 aromatic rings. The Hall–Kier alpha value is -1.82. The smallest absolute Gasteiger partial charge is 0.317 e. The molecule has 1 N–H and O–H groups in total. The van der Waals surface area contributed by atoms with Gasteiger partial charge >= 0.3 is 17.9 Å². The van der Waals surface area contributed by atoms with E-state index in [-0.39, 0.29) is 47.7 Å². The average molecular weight is 596 g/mol. The highest BCUT2D eigenvalue weighted by atomic mass is 35.6. The summed E-state index contributed by atoms with van der Waals surface area (Å²) >= 11 is 35.3. The maximum absolute atomic E-state index is 11.6.